The van der Waals surface area contributed by atoms with Crippen molar-refractivity contribution in [3.05, 3.63) is 0 Å². The van der Waals surface area contributed by atoms with Gasteiger partial charge < -0.3 is 15.4 Å². The highest BCUT2D eigenvalue weighted by molar-refractivity contribution is 5.36. The molecule has 0 aromatic carbocycles. The molecule has 1 fully saturated rings. The maximum Gasteiger partial charge on any atom is 0.322 e. The summed E-state index contributed by atoms with van der Waals surface area (Å²) < 4.78 is 5.18. The van der Waals surface area contributed by atoms with Crippen LogP contribution in [0, 0.1) is 5.92 Å². The summed E-state index contributed by atoms with van der Waals surface area (Å²) in [4.78, 5) is 13.0. The zero-order chi connectivity index (χ0) is 15.1. The molecule has 21 heavy (non-hydrogen) atoms. The van der Waals surface area contributed by atoms with Crippen molar-refractivity contribution in [2.24, 2.45) is 5.92 Å². The fraction of sp³-hybridized carbons (Fsp3) is 0.800. The predicted octanol–water partition coefficient (Wildman–Crippen LogP) is 3.08. The second-order valence-electron chi connectivity index (χ2n) is 5.60. The molecule has 0 amide bonds. The number of nitrogens with one attached hydrogen (secondary N) is 2. The van der Waals surface area contributed by atoms with Crippen molar-refractivity contribution in [1.82, 2.24) is 15.0 Å². The van der Waals surface area contributed by atoms with Gasteiger partial charge >= 0.3 is 6.01 Å². The highest BCUT2D eigenvalue weighted by Gasteiger charge is 2.24. The fourth-order valence-electron chi connectivity index (χ4n) is 2.88. The van der Waals surface area contributed by atoms with Crippen LogP contribution in [0.4, 0.5) is 11.9 Å². The van der Waals surface area contributed by atoms with Gasteiger partial charge in [-0.25, -0.2) is 0 Å². The Bertz CT molecular complexity index is 440. The van der Waals surface area contributed by atoms with Crippen LogP contribution in [0.5, 0.6) is 6.01 Å². The Kier molecular flexibility index (Phi) is 6.02. The lowest BCUT2D eigenvalue weighted by Gasteiger charge is -2.31. The number of ether oxygens (including phenoxy) is 1. The van der Waals surface area contributed by atoms with Crippen LogP contribution in [0.3, 0.4) is 0 Å². The average molecular weight is 293 g/mol. The van der Waals surface area contributed by atoms with Gasteiger partial charge in [0.15, 0.2) is 0 Å². The summed E-state index contributed by atoms with van der Waals surface area (Å²) in [6, 6.07) is 0.810. The first kappa shape index (κ1) is 15.8. The van der Waals surface area contributed by atoms with Crippen LogP contribution in [0.2, 0.25) is 0 Å². The molecular formula is C15H27N5O. The predicted molar refractivity (Wildman–Crippen MR) is 84.8 cm³/mol. The van der Waals surface area contributed by atoms with Gasteiger partial charge in [0.25, 0.3) is 0 Å². The van der Waals surface area contributed by atoms with E-state index in [-0.39, 0.29) is 0 Å². The van der Waals surface area contributed by atoms with Gasteiger partial charge in [-0.2, -0.15) is 15.0 Å². The molecule has 1 aromatic heterocycles. The quantitative estimate of drug-likeness (QED) is 0.805. The summed E-state index contributed by atoms with van der Waals surface area (Å²) in [5.41, 5.74) is 0. The molecule has 6 heteroatoms. The smallest absolute Gasteiger partial charge is 0.322 e. The molecule has 0 bridgehead atoms. The molecule has 1 aliphatic carbocycles. The van der Waals surface area contributed by atoms with Crippen molar-refractivity contribution in [2.45, 2.75) is 58.4 Å². The van der Waals surface area contributed by atoms with E-state index in [0.29, 0.717) is 29.9 Å². The third-order valence-electron chi connectivity index (χ3n) is 4.08. The van der Waals surface area contributed by atoms with Gasteiger partial charge in [-0.1, -0.05) is 33.1 Å². The van der Waals surface area contributed by atoms with Crippen LogP contribution in [0.1, 0.15) is 52.4 Å². The molecule has 1 heterocycles. The summed E-state index contributed by atoms with van der Waals surface area (Å²) >= 11 is 0. The molecule has 1 aliphatic rings. The first-order chi connectivity index (χ1) is 10.3. The second-order valence-corrected chi connectivity index (χ2v) is 5.60. The molecule has 2 N–H and O–H groups in total. The second kappa shape index (κ2) is 8.00. The van der Waals surface area contributed by atoms with Crippen molar-refractivity contribution < 1.29 is 4.74 Å². The van der Waals surface area contributed by atoms with E-state index >= 15 is 0 Å². The minimum atomic E-state index is 0.356. The lowest BCUT2D eigenvalue weighted by molar-refractivity contribution is 0.315. The minimum absolute atomic E-state index is 0.356. The van der Waals surface area contributed by atoms with E-state index in [0.717, 1.165) is 13.0 Å². The van der Waals surface area contributed by atoms with E-state index in [9.17, 15) is 0 Å². The molecule has 1 aromatic rings. The Morgan fingerprint density at radius 3 is 2.57 bits per heavy atom. The molecule has 0 aliphatic heterocycles. The van der Waals surface area contributed by atoms with E-state index in [1.807, 2.05) is 0 Å². The Morgan fingerprint density at radius 1 is 1.10 bits per heavy atom. The molecule has 0 spiro atoms. The molecule has 0 saturated heterocycles. The van der Waals surface area contributed by atoms with Gasteiger partial charge in [0.1, 0.15) is 0 Å². The Balaban J connectivity index is 2.10. The molecule has 118 valence electrons. The zero-order valence-electron chi connectivity index (χ0n) is 13.4. The van der Waals surface area contributed by atoms with E-state index in [2.05, 4.69) is 39.4 Å². The van der Waals surface area contributed by atoms with Crippen molar-refractivity contribution in [3.8, 4) is 6.01 Å². The van der Waals surface area contributed by atoms with Crippen molar-refractivity contribution in [2.75, 3.05) is 24.3 Å². The number of hydrogen-bond acceptors (Lipinski definition) is 6. The topological polar surface area (TPSA) is 72.0 Å². The van der Waals surface area contributed by atoms with E-state index in [1.165, 1.54) is 32.1 Å². The van der Waals surface area contributed by atoms with Gasteiger partial charge in [-0.05, 0) is 25.2 Å². The molecule has 2 atom stereocenters. The lowest BCUT2D eigenvalue weighted by Crippen LogP contribution is -2.32. The van der Waals surface area contributed by atoms with Crippen LogP contribution >= 0.6 is 0 Å². The number of aromatic nitrogens is 3. The van der Waals surface area contributed by atoms with Crippen molar-refractivity contribution in [3.63, 3.8) is 0 Å². The van der Waals surface area contributed by atoms with Crippen LogP contribution in [0.15, 0.2) is 0 Å². The van der Waals surface area contributed by atoms with Crippen molar-refractivity contribution in [1.29, 1.82) is 0 Å². The largest absolute Gasteiger partial charge is 0.467 e. The van der Waals surface area contributed by atoms with Gasteiger partial charge in [-0.15, -0.1) is 0 Å². The van der Waals surface area contributed by atoms with Crippen LogP contribution in [0.25, 0.3) is 0 Å². The monoisotopic (exact) mass is 293 g/mol. The Hall–Kier alpha value is -1.59. The Morgan fingerprint density at radius 2 is 1.86 bits per heavy atom. The summed E-state index contributed by atoms with van der Waals surface area (Å²) in [6.07, 6.45) is 7.30. The molecule has 6 nitrogen and oxygen atoms in total. The maximum atomic E-state index is 5.18. The lowest BCUT2D eigenvalue weighted by atomic mass is 9.83. The number of hydrogen-bond donors (Lipinski definition) is 2. The molecule has 2 unspecified atom stereocenters. The minimum Gasteiger partial charge on any atom is -0.467 e. The van der Waals surface area contributed by atoms with Crippen LogP contribution in [-0.2, 0) is 0 Å². The Labute approximate surface area is 127 Å². The molecule has 2 rings (SSSR count). The van der Waals surface area contributed by atoms with Crippen molar-refractivity contribution >= 4 is 11.9 Å². The number of nitrogens with zero attached hydrogens (tertiary/aromatic N) is 3. The summed E-state index contributed by atoms with van der Waals surface area (Å²) in [7, 11) is 1.58. The van der Waals surface area contributed by atoms with E-state index in [4.69, 9.17) is 4.74 Å². The third kappa shape index (κ3) is 4.44. The highest BCUT2D eigenvalue weighted by atomic mass is 16.5. The summed E-state index contributed by atoms with van der Waals surface area (Å²) in [5.74, 6) is 1.90. The molecular weight excluding hydrogens is 266 g/mol. The first-order valence-corrected chi connectivity index (χ1v) is 8.07. The van der Waals surface area contributed by atoms with Gasteiger partial charge in [-0.3, -0.25) is 0 Å². The van der Waals surface area contributed by atoms with Gasteiger partial charge in [0.05, 0.1) is 7.11 Å². The van der Waals surface area contributed by atoms with Crippen LogP contribution < -0.4 is 15.4 Å². The number of methoxy groups -OCH3 is 1. The summed E-state index contributed by atoms with van der Waals surface area (Å²) in [5, 5.41) is 6.68. The summed E-state index contributed by atoms with van der Waals surface area (Å²) in [6.45, 7) is 5.21. The van der Waals surface area contributed by atoms with E-state index in [1.54, 1.807) is 7.11 Å². The van der Waals surface area contributed by atoms with Gasteiger partial charge in [0, 0.05) is 12.6 Å². The first-order valence-electron chi connectivity index (χ1n) is 8.07. The van der Waals surface area contributed by atoms with Gasteiger partial charge in [0.2, 0.25) is 11.9 Å². The number of rotatable bonds is 7. The normalized spacial score (nSPS) is 21.9. The zero-order valence-corrected chi connectivity index (χ0v) is 13.4. The fourth-order valence-corrected chi connectivity index (χ4v) is 2.88. The average Bonchev–Trinajstić information content (AvgIpc) is 2.53. The standard InChI is InChI=1S/C15H27N5O/c1-4-10-16-13-18-14(20-15(19-13)21-3)17-12-9-7-6-8-11(12)5-2/h11-12H,4-10H2,1-3H3,(H2,16,17,18,19,20). The highest BCUT2D eigenvalue weighted by Crippen LogP contribution is 2.29. The number of anilines is 2. The van der Waals surface area contributed by atoms with E-state index < -0.39 is 0 Å². The third-order valence-corrected chi connectivity index (χ3v) is 4.08. The molecule has 0 radical (unpaired) electrons. The van der Waals surface area contributed by atoms with Crippen LogP contribution in [-0.4, -0.2) is 34.6 Å². The SMILES string of the molecule is CCCNc1nc(NC2CCCCC2CC)nc(OC)n1. The maximum absolute atomic E-state index is 5.18. The molecule has 1 saturated carbocycles.